The summed E-state index contributed by atoms with van der Waals surface area (Å²) in [5, 5.41) is 0.188. The molecule has 1 aliphatic heterocycles. The van der Waals surface area contributed by atoms with Crippen LogP contribution in [0.3, 0.4) is 0 Å². The molecule has 114 valence electrons. The van der Waals surface area contributed by atoms with Gasteiger partial charge in [0.1, 0.15) is 0 Å². The van der Waals surface area contributed by atoms with Crippen LogP contribution in [0, 0.1) is 5.92 Å². The van der Waals surface area contributed by atoms with Crippen molar-refractivity contribution in [3.8, 4) is 5.88 Å². The molecule has 1 aromatic heterocycles. The van der Waals surface area contributed by atoms with Crippen LogP contribution in [0.1, 0.15) is 18.9 Å². The minimum Gasteiger partial charge on any atom is -0.481 e. The number of nitrogens with zero attached hydrogens (tertiary/aromatic N) is 2. The van der Waals surface area contributed by atoms with E-state index in [1.165, 1.54) is 7.11 Å². The number of methoxy groups -OCH3 is 1. The fourth-order valence-electron chi connectivity index (χ4n) is 3.06. The summed E-state index contributed by atoms with van der Waals surface area (Å²) >= 11 is 4.35. The number of halogens is 3. The average molecular weight is 378 g/mol. The van der Waals surface area contributed by atoms with Crippen LogP contribution in [-0.2, 0) is 5.54 Å². The zero-order valence-electron chi connectivity index (χ0n) is 11.4. The second kappa shape index (κ2) is 4.81. The number of hydrogen-bond donors (Lipinski definition) is 1. The van der Waals surface area contributed by atoms with Gasteiger partial charge in [-0.2, -0.15) is 0 Å². The van der Waals surface area contributed by atoms with Crippen molar-refractivity contribution < 1.29 is 13.5 Å². The van der Waals surface area contributed by atoms with Gasteiger partial charge in [-0.25, -0.2) is 13.8 Å². The second-order valence-corrected chi connectivity index (χ2v) is 7.72. The van der Waals surface area contributed by atoms with Crippen molar-refractivity contribution in [2.75, 3.05) is 7.11 Å². The number of aromatic nitrogens is 1. The molecular weight excluding hydrogens is 364 g/mol. The molecule has 1 unspecified atom stereocenters. The van der Waals surface area contributed by atoms with Crippen molar-refractivity contribution in [3.05, 3.63) is 22.3 Å². The van der Waals surface area contributed by atoms with Crippen LogP contribution in [0.4, 0.5) is 8.78 Å². The zero-order chi connectivity index (χ0) is 15.4. The molecule has 0 bridgehead atoms. The molecule has 2 aliphatic rings. The van der Waals surface area contributed by atoms with E-state index in [2.05, 4.69) is 25.9 Å². The first kappa shape index (κ1) is 15.0. The number of ether oxygens (including phenoxy) is 1. The number of nitrogens with two attached hydrogens (primary N) is 1. The summed E-state index contributed by atoms with van der Waals surface area (Å²) in [4.78, 5) is 8.66. The lowest BCUT2D eigenvalue weighted by Crippen LogP contribution is -2.38. The van der Waals surface area contributed by atoms with Crippen LogP contribution in [-0.4, -0.2) is 28.4 Å². The Morgan fingerprint density at radius 3 is 2.90 bits per heavy atom. The molecule has 0 spiro atoms. The fourth-order valence-corrected chi connectivity index (χ4v) is 4.72. The lowest BCUT2D eigenvalue weighted by molar-refractivity contribution is 0.123. The van der Waals surface area contributed by atoms with Gasteiger partial charge in [0.25, 0.3) is 6.43 Å². The summed E-state index contributed by atoms with van der Waals surface area (Å²) in [6.45, 7) is 1.82. The first-order chi connectivity index (χ1) is 9.83. The number of rotatable bonds is 3. The molecule has 8 heteroatoms. The molecule has 1 fully saturated rings. The number of fused-ring (bicyclic) bond motifs is 1. The highest BCUT2D eigenvalue weighted by atomic mass is 79.9. The molecule has 2 heterocycles. The Morgan fingerprint density at radius 2 is 2.29 bits per heavy atom. The molecule has 3 atom stereocenters. The predicted molar refractivity (Wildman–Crippen MR) is 81.9 cm³/mol. The quantitative estimate of drug-likeness (QED) is 0.878. The molecule has 0 radical (unpaired) electrons. The van der Waals surface area contributed by atoms with E-state index in [9.17, 15) is 8.78 Å². The van der Waals surface area contributed by atoms with Gasteiger partial charge in [0, 0.05) is 22.2 Å². The molecule has 0 aromatic carbocycles. The molecule has 4 nitrogen and oxygen atoms in total. The molecule has 0 amide bonds. The van der Waals surface area contributed by atoms with Gasteiger partial charge in [-0.1, -0.05) is 11.8 Å². The highest BCUT2D eigenvalue weighted by molar-refractivity contribution is 9.10. The number of hydrogen-bond acceptors (Lipinski definition) is 5. The SMILES string of the molecule is COc1ncc(Br)cc1[C@@]1(C)N=C(N)S[C@@]2(C(F)F)CC21. The summed E-state index contributed by atoms with van der Waals surface area (Å²) in [5.74, 6) is 0.103. The van der Waals surface area contributed by atoms with Crippen molar-refractivity contribution in [1.29, 1.82) is 0 Å². The third-order valence-corrected chi connectivity index (χ3v) is 5.94. The minimum atomic E-state index is -2.44. The predicted octanol–water partition coefficient (Wildman–Crippen LogP) is 3.15. The summed E-state index contributed by atoms with van der Waals surface area (Å²) in [6.07, 6.45) is -0.457. The highest BCUT2D eigenvalue weighted by Crippen LogP contribution is 2.68. The van der Waals surface area contributed by atoms with Gasteiger partial charge < -0.3 is 10.5 Å². The molecule has 2 N–H and O–H groups in total. The standard InChI is InChI=1S/C13H14BrF2N3OS/c1-12(7-3-6(14)5-18-9(7)20-2)8-4-13(8,10(15)16)21-11(17)19-12/h3,5,8,10H,4H2,1-2H3,(H2,17,19)/t8?,12-,13+/m1/s1. The van der Waals surface area contributed by atoms with E-state index in [0.717, 1.165) is 16.2 Å². The van der Waals surface area contributed by atoms with Crippen molar-refractivity contribution in [1.82, 2.24) is 4.98 Å². The molecule has 3 rings (SSSR count). The first-order valence-corrected chi connectivity index (χ1v) is 7.97. The Kier molecular flexibility index (Phi) is 3.44. The zero-order valence-corrected chi connectivity index (χ0v) is 13.8. The molecule has 21 heavy (non-hydrogen) atoms. The van der Waals surface area contributed by atoms with Crippen LogP contribution in [0.5, 0.6) is 5.88 Å². The lowest BCUT2D eigenvalue weighted by atomic mass is 9.86. The third kappa shape index (κ3) is 2.14. The Labute approximate surface area is 133 Å². The van der Waals surface area contributed by atoms with Crippen molar-refractivity contribution in [2.45, 2.75) is 30.1 Å². The third-order valence-electron chi connectivity index (χ3n) is 4.19. The van der Waals surface area contributed by atoms with Gasteiger partial charge in [-0.05, 0) is 35.3 Å². The van der Waals surface area contributed by atoms with E-state index in [0.29, 0.717) is 17.9 Å². The minimum absolute atomic E-state index is 0.188. The Morgan fingerprint density at radius 1 is 1.57 bits per heavy atom. The monoisotopic (exact) mass is 377 g/mol. The lowest BCUT2D eigenvalue weighted by Gasteiger charge is -2.34. The number of alkyl halides is 2. The topological polar surface area (TPSA) is 60.5 Å². The molecule has 1 aromatic rings. The van der Waals surface area contributed by atoms with Crippen LogP contribution in [0.15, 0.2) is 21.7 Å². The van der Waals surface area contributed by atoms with Gasteiger partial charge in [0.05, 0.1) is 17.4 Å². The molecule has 0 saturated heterocycles. The van der Waals surface area contributed by atoms with Gasteiger partial charge in [-0.15, -0.1) is 0 Å². The average Bonchev–Trinajstić information content (AvgIpc) is 3.15. The summed E-state index contributed by atoms with van der Waals surface area (Å²) < 4.78 is 31.8. The maximum absolute atomic E-state index is 13.5. The smallest absolute Gasteiger partial charge is 0.253 e. The maximum atomic E-state index is 13.5. The Bertz CT molecular complexity index is 629. The van der Waals surface area contributed by atoms with Crippen LogP contribution >= 0.6 is 27.7 Å². The van der Waals surface area contributed by atoms with E-state index >= 15 is 0 Å². The van der Waals surface area contributed by atoms with Crippen LogP contribution in [0.25, 0.3) is 0 Å². The van der Waals surface area contributed by atoms with Gasteiger partial charge in [-0.3, -0.25) is 4.99 Å². The Hall–Kier alpha value is -0.890. The molecule has 1 aliphatic carbocycles. The number of amidine groups is 1. The summed E-state index contributed by atoms with van der Waals surface area (Å²) in [6, 6.07) is 1.81. The number of pyridine rings is 1. The van der Waals surface area contributed by atoms with Gasteiger partial charge >= 0.3 is 0 Å². The molecule has 1 saturated carbocycles. The summed E-state index contributed by atoms with van der Waals surface area (Å²) in [5.41, 5.74) is 5.65. The van der Waals surface area contributed by atoms with Gasteiger partial charge in [0.2, 0.25) is 5.88 Å². The molecular formula is C13H14BrF2N3OS. The van der Waals surface area contributed by atoms with E-state index in [4.69, 9.17) is 10.5 Å². The Balaban J connectivity index is 2.13. The van der Waals surface area contributed by atoms with Crippen LogP contribution in [0.2, 0.25) is 0 Å². The van der Waals surface area contributed by atoms with Gasteiger partial charge in [0.15, 0.2) is 5.17 Å². The van der Waals surface area contributed by atoms with E-state index in [1.54, 1.807) is 6.20 Å². The highest BCUT2D eigenvalue weighted by Gasteiger charge is 2.71. The fraction of sp³-hybridized carbons (Fsp3) is 0.538. The van der Waals surface area contributed by atoms with Crippen molar-refractivity contribution in [3.63, 3.8) is 0 Å². The van der Waals surface area contributed by atoms with Crippen LogP contribution < -0.4 is 10.5 Å². The van der Waals surface area contributed by atoms with E-state index in [1.807, 2.05) is 13.0 Å². The van der Waals surface area contributed by atoms with E-state index in [-0.39, 0.29) is 11.1 Å². The van der Waals surface area contributed by atoms with Crippen molar-refractivity contribution in [2.24, 2.45) is 16.6 Å². The second-order valence-electron chi connectivity index (χ2n) is 5.42. The maximum Gasteiger partial charge on any atom is 0.253 e. The van der Waals surface area contributed by atoms with E-state index < -0.39 is 16.7 Å². The largest absolute Gasteiger partial charge is 0.481 e. The number of aliphatic imine (C=N–C) groups is 1. The normalized spacial score (nSPS) is 34.4. The number of thioether (sulfide) groups is 1. The van der Waals surface area contributed by atoms with Crippen molar-refractivity contribution >= 4 is 32.9 Å². The summed E-state index contributed by atoms with van der Waals surface area (Å²) in [7, 11) is 1.50. The first-order valence-electron chi connectivity index (χ1n) is 6.36.